The largest absolute Gasteiger partial charge is 0.507 e. The lowest BCUT2D eigenvalue weighted by Crippen LogP contribution is -1.75. The highest BCUT2D eigenvalue weighted by molar-refractivity contribution is 5.61. The zero-order valence-electron chi connectivity index (χ0n) is 9.52. The van der Waals surface area contributed by atoms with Crippen LogP contribution in [0.1, 0.15) is 38.2 Å². The van der Waals surface area contributed by atoms with E-state index in [2.05, 4.69) is 12.1 Å². The van der Waals surface area contributed by atoms with Gasteiger partial charge >= 0.3 is 0 Å². The van der Waals surface area contributed by atoms with E-state index in [-0.39, 0.29) is 5.75 Å². The SMILES string of the molecule is CCCCCC=Cc1cc(N=O)ccc1O. The van der Waals surface area contributed by atoms with Crippen LogP contribution in [0.3, 0.4) is 0 Å². The molecular weight excluding hydrogens is 202 g/mol. The fraction of sp³-hybridized carbons (Fsp3) is 0.385. The highest BCUT2D eigenvalue weighted by Gasteiger charge is 1.99. The average Bonchev–Trinajstić information content (AvgIpc) is 2.31. The van der Waals surface area contributed by atoms with E-state index in [1.54, 1.807) is 6.07 Å². The second-order valence-corrected chi connectivity index (χ2v) is 3.73. The third-order valence-electron chi connectivity index (χ3n) is 2.39. The number of unbranched alkanes of at least 4 members (excludes halogenated alkanes) is 3. The van der Waals surface area contributed by atoms with E-state index in [0.717, 1.165) is 12.8 Å². The highest BCUT2D eigenvalue weighted by Crippen LogP contribution is 2.24. The summed E-state index contributed by atoms with van der Waals surface area (Å²) in [6.45, 7) is 2.16. The van der Waals surface area contributed by atoms with E-state index in [9.17, 15) is 10.0 Å². The van der Waals surface area contributed by atoms with Crippen LogP contribution >= 0.6 is 0 Å². The Balaban J connectivity index is 2.61. The maximum Gasteiger partial charge on any atom is 0.122 e. The van der Waals surface area contributed by atoms with E-state index >= 15 is 0 Å². The third kappa shape index (κ3) is 3.85. The number of rotatable bonds is 6. The molecule has 0 bridgehead atoms. The van der Waals surface area contributed by atoms with Gasteiger partial charge in [-0.15, -0.1) is 4.91 Å². The van der Waals surface area contributed by atoms with Gasteiger partial charge in [0.15, 0.2) is 0 Å². The van der Waals surface area contributed by atoms with Gasteiger partial charge in [0.2, 0.25) is 0 Å². The first-order valence-electron chi connectivity index (χ1n) is 5.61. The van der Waals surface area contributed by atoms with Crippen molar-refractivity contribution in [1.29, 1.82) is 0 Å². The number of benzene rings is 1. The minimum absolute atomic E-state index is 0.180. The van der Waals surface area contributed by atoms with E-state index in [1.807, 2.05) is 12.2 Å². The maximum absolute atomic E-state index is 10.3. The fourth-order valence-electron chi connectivity index (χ4n) is 1.45. The van der Waals surface area contributed by atoms with Crippen LogP contribution in [0.2, 0.25) is 0 Å². The summed E-state index contributed by atoms with van der Waals surface area (Å²) in [7, 11) is 0. The molecule has 3 heteroatoms. The lowest BCUT2D eigenvalue weighted by atomic mass is 10.1. The number of hydrogen-bond donors (Lipinski definition) is 1. The summed E-state index contributed by atoms with van der Waals surface area (Å²) in [4.78, 5) is 10.3. The summed E-state index contributed by atoms with van der Waals surface area (Å²) in [6, 6.07) is 4.57. The van der Waals surface area contributed by atoms with Crippen molar-refractivity contribution in [2.24, 2.45) is 5.18 Å². The van der Waals surface area contributed by atoms with Gasteiger partial charge in [0, 0.05) is 5.56 Å². The van der Waals surface area contributed by atoms with Crippen molar-refractivity contribution in [1.82, 2.24) is 0 Å². The lowest BCUT2D eigenvalue weighted by Gasteiger charge is -1.99. The van der Waals surface area contributed by atoms with Crippen molar-refractivity contribution in [3.05, 3.63) is 34.7 Å². The summed E-state index contributed by atoms with van der Waals surface area (Å²) in [5, 5.41) is 12.4. The normalized spacial score (nSPS) is 10.8. The molecule has 1 aromatic rings. The molecule has 1 rings (SSSR count). The summed E-state index contributed by atoms with van der Waals surface area (Å²) >= 11 is 0. The monoisotopic (exact) mass is 219 g/mol. The molecule has 0 unspecified atom stereocenters. The van der Waals surface area contributed by atoms with Gasteiger partial charge in [-0.25, -0.2) is 0 Å². The van der Waals surface area contributed by atoms with E-state index in [4.69, 9.17) is 0 Å². The van der Waals surface area contributed by atoms with Gasteiger partial charge in [0.1, 0.15) is 11.4 Å². The molecule has 86 valence electrons. The minimum Gasteiger partial charge on any atom is -0.507 e. The Kier molecular flexibility index (Phi) is 5.26. The van der Waals surface area contributed by atoms with Crippen LogP contribution in [0, 0.1) is 4.91 Å². The standard InChI is InChI=1S/C13H17NO2/c1-2-3-4-5-6-7-11-10-12(14-16)8-9-13(11)15/h6-10,15H,2-5H2,1H3. The van der Waals surface area contributed by atoms with Crippen LogP contribution in [0.15, 0.2) is 29.5 Å². The molecule has 0 aliphatic carbocycles. The van der Waals surface area contributed by atoms with Crippen LogP contribution in [0.5, 0.6) is 5.75 Å². The summed E-state index contributed by atoms with van der Waals surface area (Å²) in [5.41, 5.74) is 0.986. The summed E-state index contributed by atoms with van der Waals surface area (Å²) < 4.78 is 0. The Morgan fingerprint density at radius 3 is 2.88 bits per heavy atom. The molecule has 0 atom stereocenters. The first-order chi connectivity index (χ1) is 7.77. The molecule has 0 amide bonds. The number of nitroso groups, excluding NO2 is 1. The van der Waals surface area contributed by atoms with Gasteiger partial charge < -0.3 is 5.11 Å². The second-order valence-electron chi connectivity index (χ2n) is 3.73. The number of phenolic OH excluding ortho intramolecular Hbond substituents is 1. The molecular formula is C13H17NO2. The van der Waals surface area contributed by atoms with Crippen LogP contribution in [0.25, 0.3) is 6.08 Å². The highest BCUT2D eigenvalue weighted by atomic mass is 16.3. The van der Waals surface area contributed by atoms with Crippen molar-refractivity contribution in [3.8, 4) is 5.75 Å². The van der Waals surface area contributed by atoms with E-state index in [1.165, 1.54) is 25.0 Å². The van der Waals surface area contributed by atoms with Crippen molar-refractivity contribution < 1.29 is 5.11 Å². The van der Waals surface area contributed by atoms with Gasteiger partial charge in [-0.1, -0.05) is 31.9 Å². The van der Waals surface area contributed by atoms with Gasteiger partial charge in [0.25, 0.3) is 0 Å². The number of phenols is 1. The molecule has 0 fully saturated rings. The van der Waals surface area contributed by atoms with Gasteiger partial charge in [-0.2, -0.15) is 0 Å². The van der Waals surface area contributed by atoms with Crippen LogP contribution in [-0.2, 0) is 0 Å². The molecule has 1 N–H and O–H groups in total. The number of nitrogens with zero attached hydrogens (tertiary/aromatic N) is 1. The molecule has 3 nitrogen and oxygen atoms in total. The number of allylic oxidation sites excluding steroid dienone is 1. The van der Waals surface area contributed by atoms with Crippen molar-refractivity contribution in [2.45, 2.75) is 32.6 Å². The predicted molar refractivity (Wildman–Crippen MR) is 66.7 cm³/mol. The Morgan fingerprint density at radius 2 is 2.19 bits per heavy atom. The first kappa shape index (κ1) is 12.4. The van der Waals surface area contributed by atoms with Gasteiger partial charge in [0.05, 0.1) is 0 Å². The van der Waals surface area contributed by atoms with E-state index < -0.39 is 0 Å². The molecule has 0 aliphatic rings. The molecule has 0 heterocycles. The lowest BCUT2D eigenvalue weighted by molar-refractivity contribution is 0.474. The average molecular weight is 219 g/mol. The van der Waals surface area contributed by atoms with Crippen LogP contribution in [0.4, 0.5) is 5.69 Å². The van der Waals surface area contributed by atoms with Gasteiger partial charge in [-0.05, 0) is 36.2 Å². The van der Waals surface area contributed by atoms with Gasteiger partial charge in [-0.3, -0.25) is 0 Å². The predicted octanol–water partition coefficient (Wildman–Crippen LogP) is 4.38. The Hall–Kier alpha value is -1.64. The smallest absolute Gasteiger partial charge is 0.122 e. The van der Waals surface area contributed by atoms with Crippen LogP contribution in [-0.4, -0.2) is 5.11 Å². The Morgan fingerprint density at radius 1 is 1.38 bits per heavy atom. The Bertz CT molecular complexity index is 372. The first-order valence-corrected chi connectivity index (χ1v) is 5.61. The number of aromatic hydroxyl groups is 1. The minimum atomic E-state index is 0.180. The molecule has 0 spiro atoms. The van der Waals surface area contributed by atoms with E-state index in [0.29, 0.717) is 11.3 Å². The molecule has 16 heavy (non-hydrogen) atoms. The molecule has 0 saturated carbocycles. The van der Waals surface area contributed by atoms with Crippen LogP contribution < -0.4 is 0 Å². The molecule has 1 aromatic carbocycles. The topological polar surface area (TPSA) is 49.7 Å². The summed E-state index contributed by atoms with van der Waals surface area (Å²) in [5.74, 6) is 0.180. The second kappa shape index (κ2) is 6.77. The summed E-state index contributed by atoms with van der Waals surface area (Å²) in [6.07, 6.45) is 8.40. The zero-order chi connectivity index (χ0) is 11.8. The molecule has 0 radical (unpaired) electrons. The zero-order valence-corrected chi connectivity index (χ0v) is 9.52. The molecule has 0 aliphatic heterocycles. The molecule has 0 aromatic heterocycles. The fourth-order valence-corrected chi connectivity index (χ4v) is 1.45. The Labute approximate surface area is 95.8 Å². The van der Waals surface area contributed by atoms with Crippen molar-refractivity contribution >= 4 is 11.8 Å². The van der Waals surface area contributed by atoms with Crippen molar-refractivity contribution in [2.75, 3.05) is 0 Å². The maximum atomic E-state index is 10.3. The molecule has 0 saturated heterocycles. The third-order valence-corrected chi connectivity index (χ3v) is 2.39. The quantitative estimate of drug-likeness (QED) is 0.570. The van der Waals surface area contributed by atoms with Crippen molar-refractivity contribution in [3.63, 3.8) is 0 Å². The number of hydrogen-bond acceptors (Lipinski definition) is 3.